The fraction of sp³-hybridized carbons (Fsp3) is 0.217. The molecular formula is C23H23ClFN3. The van der Waals surface area contributed by atoms with E-state index in [1.807, 2.05) is 24.3 Å². The molecule has 1 fully saturated rings. The van der Waals surface area contributed by atoms with Crippen LogP contribution in [0.2, 0.25) is 5.02 Å². The Labute approximate surface area is 169 Å². The van der Waals surface area contributed by atoms with Crippen LogP contribution in [0.4, 0.5) is 4.39 Å². The van der Waals surface area contributed by atoms with Crippen molar-refractivity contribution in [1.82, 2.24) is 15.6 Å². The van der Waals surface area contributed by atoms with E-state index < -0.39 is 5.82 Å². The van der Waals surface area contributed by atoms with E-state index in [0.29, 0.717) is 0 Å². The summed E-state index contributed by atoms with van der Waals surface area (Å²) >= 11 is 5.86. The number of para-hydroxylation sites is 1. The number of hydrogen-bond donors (Lipinski definition) is 3. The highest BCUT2D eigenvalue weighted by Crippen LogP contribution is 2.33. The van der Waals surface area contributed by atoms with Gasteiger partial charge in [0.15, 0.2) is 0 Å². The number of rotatable bonds is 6. The first-order valence-corrected chi connectivity index (χ1v) is 9.82. The number of halogens is 2. The Morgan fingerprint density at radius 3 is 2.82 bits per heavy atom. The Balaban J connectivity index is 1.61. The van der Waals surface area contributed by atoms with Crippen molar-refractivity contribution in [2.24, 2.45) is 0 Å². The lowest BCUT2D eigenvalue weighted by molar-refractivity contribution is 0.628. The van der Waals surface area contributed by atoms with Gasteiger partial charge in [-0.05, 0) is 43.0 Å². The van der Waals surface area contributed by atoms with Crippen molar-refractivity contribution >= 4 is 22.5 Å². The average molecular weight is 396 g/mol. The maximum atomic E-state index is 14.0. The summed E-state index contributed by atoms with van der Waals surface area (Å²) in [6.45, 7) is 9.18. The molecule has 2 aromatic carbocycles. The number of hydrogen-bond acceptors (Lipinski definition) is 2. The highest BCUT2D eigenvalue weighted by atomic mass is 35.5. The number of nitrogens with one attached hydrogen (secondary N) is 3. The minimum atomic E-state index is -0.415. The summed E-state index contributed by atoms with van der Waals surface area (Å²) in [6, 6.07) is 13.3. The normalized spacial score (nSPS) is 16.4. The number of H-pyrrole nitrogens is 1. The molecule has 0 radical (unpaired) electrons. The summed E-state index contributed by atoms with van der Waals surface area (Å²) in [4.78, 5) is 3.45. The van der Waals surface area contributed by atoms with Crippen LogP contribution in [-0.4, -0.2) is 17.6 Å². The number of allylic oxidation sites excluding steroid dienone is 1. The van der Waals surface area contributed by atoms with Crippen LogP contribution in [0.5, 0.6) is 0 Å². The molecule has 1 atom stereocenters. The molecule has 28 heavy (non-hydrogen) atoms. The summed E-state index contributed by atoms with van der Waals surface area (Å²) in [6.07, 6.45) is 2.59. The molecule has 1 unspecified atom stereocenters. The molecule has 0 saturated carbocycles. The van der Waals surface area contributed by atoms with E-state index in [0.717, 1.165) is 64.9 Å². The Kier molecular flexibility index (Phi) is 5.14. The van der Waals surface area contributed by atoms with Gasteiger partial charge in [0.05, 0.1) is 11.1 Å². The predicted molar refractivity (Wildman–Crippen MR) is 115 cm³/mol. The van der Waals surface area contributed by atoms with E-state index in [2.05, 4.69) is 34.8 Å². The fourth-order valence-corrected chi connectivity index (χ4v) is 3.90. The third kappa shape index (κ3) is 3.65. The number of benzene rings is 2. The molecule has 5 heteroatoms. The number of aromatic nitrogens is 1. The predicted octanol–water partition coefficient (Wildman–Crippen LogP) is 5.54. The van der Waals surface area contributed by atoms with Crippen molar-refractivity contribution in [2.75, 3.05) is 6.54 Å². The van der Waals surface area contributed by atoms with Gasteiger partial charge in [-0.3, -0.25) is 0 Å². The fourth-order valence-electron chi connectivity index (χ4n) is 3.79. The molecule has 3 aromatic rings. The summed E-state index contributed by atoms with van der Waals surface area (Å²) in [5.41, 5.74) is 5.91. The van der Waals surface area contributed by atoms with Crippen LogP contribution in [0.15, 0.2) is 67.0 Å². The van der Waals surface area contributed by atoms with Gasteiger partial charge in [-0.1, -0.05) is 49.0 Å². The van der Waals surface area contributed by atoms with Crippen molar-refractivity contribution in [3.05, 3.63) is 83.4 Å². The lowest BCUT2D eigenvalue weighted by Crippen LogP contribution is -2.28. The zero-order valence-corrected chi connectivity index (χ0v) is 16.4. The lowest BCUT2D eigenvalue weighted by Gasteiger charge is -2.17. The average Bonchev–Trinajstić information content (AvgIpc) is 3.26. The van der Waals surface area contributed by atoms with Gasteiger partial charge in [0, 0.05) is 40.1 Å². The minimum absolute atomic E-state index is 0.129. The van der Waals surface area contributed by atoms with E-state index in [-0.39, 0.29) is 11.1 Å². The molecule has 1 aliphatic rings. The first-order chi connectivity index (χ1) is 13.5. The Hall–Kier alpha value is -2.72. The van der Waals surface area contributed by atoms with Crippen LogP contribution < -0.4 is 10.6 Å². The molecule has 0 bridgehead atoms. The molecule has 144 valence electrons. The highest BCUT2D eigenvalue weighted by Gasteiger charge is 2.19. The standard InChI is InChI=1S/C23H23ClFN3/c1-14(27-21-11-12-26-15(21)2)7-9-18-17-5-3-4-6-22(17)28-23(18)16-8-10-19(24)20(25)13-16/h3-6,8,10,13,21,26-28H,1-2,7,9,11-12H2. The van der Waals surface area contributed by atoms with E-state index in [9.17, 15) is 4.39 Å². The second-order valence-electron chi connectivity index (χ2n) is 7.19. The molecule has 4 rings (SSSR count). The zero-order chi connectivity index (χ0) is 19.7. The first-order valence-electron chi connectivity index (χ1n) is 9.45. The molecular weight excluding hydrogens is 373 g/mol. The van der Waals surface area contributed by atoms with E-state index in [4.69, 9.17) is 11.6 Å². The van der Waals surface area contributed by atoms with Gasteiger partial charge in [0.25, 0.3) is 0 Å². The summed E-state index contributed by atoms with van der Waals surface area (Å²) in [7, 11) is 0. The van der Waals surface area contributed by atoms with Gasteiger partial charge in [-0.15, -0.1) is 0 Å². The van der Waals surface area contributed by atoms with Crippen LogP contribution in [-0.2, 0) is 6.42 Å². The Bertz CT molecular complexity index is 1050. The molecule has 1 saturated heterocycles. The number of aryl methyl sites for hydroxylation is 1. The second-order valence-corrected chi connectivity index (χ2v) is 7.60. The van der Waals surface area contributed by atoms with Crippen molar-refractivity contribution in [1.29, 1.82) is 0 Å². The van der Waals surface area contributed by atoms with Gasteiger partial charge in [-0.2, -0.15) is 0 Å². The maximum absolute atomic E-state index is 14.0. The molecule has 1 aliphatic heterocycles. The molecule has 0 aliphatic carbocycles. The van der Waals surface area contributed by atoms with Gasteiger partial charge >= 0.3 is 0 Å². The van der Waals surface area contributed by atoms with E-state index >= 15 is 0 Å². The van der Waals surface area contributed by atoms with Crippen LogP contribution in [0, 0.1) is 5.82 Å². The smallest absolute Gasteiger partial charge is 0.142 e. The van der Waals surface area contributed by atoms with Gasteiger partial charge in [-0.25, -0.2) is 4.39 Å². The first kappa shape index (κ1) is 18.6. The monoisotopic (exact) mass is 395 g/mol. The number of fused-ring (bicyclic) bond motifs is 1. The van der Waals surface area contributed by atoms with Gasteiger partial charge in [0.1, 0.15) is 5.82 Å². The lowest BCUT2D eigenvalue weighted by atomic mass is 10.00. The summed E-state index contributed by atoms with van der Waals surface area (Å²) in [5, 5.41) is 8.01. The molecule has 2 heterocycles. The van der Waals surface area contributed by atoms with Crippen LogP contribution in [0.25, 0.3) is 22.2 Å². The third-order valence-corrected chi connectivity index (χ3v) is 5.59. The van der Waals surface area contributed by atoms with Crippen LogP contribution in [0.3, 0.4) is 0 Å². The third-order valence-electron chi connectivity index (χ3n) is 5.28. The molecule has 3 nitrogen and oxygen atoms in total. The van der Waals surface area contributed by atoms with Crippen molar-refractivity contribution in [3.63, 3.8) is 0 Å². The van der Waals surface area contributed by atoms with Crippen molar-refractivity contribution in [2.45, 2.75) is 25.3 Å². The zero-order valence-electron chi connectivity index (χ0n) is 15.6. The molecule has 1 aromatic heterocycles. The van der Waals surface area contributed by atoms with E-state index in [1.165, 1.54) is 6.07 Å². The Morgan fingerprint density at radius 2 is 2.07 bits per heavy atom. The van der Waals surface area contributed by atoms with Crippen LogP contribution in [0.1, 0.15) is 18.4 Å². The molecule has 0 spiro atoms. The summed E-state index contributed by atoms with van der Waals surface area (Å²) < 4.78 is 14.0. The van der Waals surface area contributed by atoms with E-state index in [1.54, 1.807) is 6.07 Å². The van der Waals surface area contributed by atoms with Crippen molar-refractivity contribution in [3.8, 4) is 11.3 Å². The maximum Gasteiger partial charge on any atom is 0.142 e. The largest absolute Gasteiger partial charge is 0.387 e. The number of aromatic amines is 1. The summed E-state index contributed by atoms with van der Waals surface area (Å²) in [5.74, 6) is -0.415. The van der Waals surface area contributed by atoms with Gasteiger partial charge in [0.2, 0.25) is 0 Å². The SMILES string of the molecule is C=C(CCc1c(-c2ccc(Cl)c(F)c2)[nH]c2ccccc12)NC1CCNC1=C. The molecule has 0 amide bonds. The van der Waals surface area contributed by atoms with Gasteiger partial charge < -0.3 is 15.6 Å². The quantitative estimate of drug-likeness (QED) is 0.513. The minimum Gasteiger partial charge on any atom is -0.387 e. The van der Waals surface area contributed by atoms with Crippen LogP contribution >= 0.6 is 11.6 Å². The highest BCUT2D eigenvalue weighted by molar-refractivity contribution is 6.30. The van der Waals surface area contributed by atoms with Crippen molar-refractivity contribution < 1.29 is 4.39 Å². The second kappa shape index (κ2) is 7.72. The Morgan fingerprint density at radius 1 is 1.25 bits per heavy atom. The topological polar surface area (TPSA) is 39.9 Å². The molecule has 3 N–H and O–H groups in total.